The van der Waals surface area contributed by atoms with Crippen molar-refractivity contribution in [2.24, 2.45) is 0 Å². The van der Waals surface area contributed by atoms with Gasteiger partial charge < -0.3 is 4.55 Å². The molecule has 0 aliphatic carbocycles. The topological polar surface area (TPSA) is 57.2 Å². The van der Waals surface area contributed by atoms with Gasteiger partial charge in [-0.05, 0) is 19.1 Å². The van der Waals surface area contributed by atoms with Crippen molar-refractivity contribution >= 4 is 10.1 Å². The molecule has 1 rings (SSSR count). The smallest absolute Gasteiger partial charge is 0.744 e. The minimum Gasteiger partial charge on any atom is -0.744 e. The van der Waals surface area contributed by atoms with E-state index < -0.39 is 10.1 Å². The summed E-state index contributed by atoms with van der Waals surface area (Å²) < 4.78 is 31.2. The minimum absolute atomic E-state index is 0. The van der Waals surface area contributed by atoms with Crippen LogP contribution in [0.2, 0.25) is 0 Å². The van der Waals surface area contributed by atoms with Crippen LogP contribution in [-0.4, -0.2) is 13.0 Å². The van der Waals surface area contributed by atoms with Crippen molar-refractivity contribution in [1.29, 1.82) is 0 Å². The number of hydrogen-bond donors (Lipinski definition) is 0. The molecule has 0 atom stereocenters. The molecule has 0 aliphatic rings. The zero-order valence-corrected chi connectivity index (χ0v) is 14.7. The van der Waals surface area contributed by atoms with Crippen molar-refractivity contribution in [3.63, 3.8) is 0 Å². The molecule has 0 fully saturated rings. The SMILES string of the molecule is Cc1ccc(S(=O)(=O)[O-])cc1.[CH2]C.[Hg+]. The fraction of sp³-hybridized carbons (Fsp3) is 0.222. The fourth-order valence-electron chi connectivity index (χ4n) is 0.705. The van der Waals surface area contributed by atoms with Gasteiger partial charge in [0.1, 0.15) is 10.1 Å². The van der Waals surface area contributed by atoms with Gasteiger partial charge in [0.25, 0.3) is 0 Å². The Labute approximate surface area is 106 Å². The van der Waals surface area contributed by atoms with Crippen molar-refractivity contribution in [1.82, 2.24) is 0 Å². The van der Waals surface area contributed by atoms with Gasteiger partial charge in [0, 0.05) is 0 Å². The summed E-state index contributed by atoms with van der Waals surface area (Å²) >= 11 is 0. The molecule has 3 nitrogen and oxygen atoms in total. The predicted molar refractivity (Wildman–Crippen MR) is 50.2 cm³/mol. The summed E-state index contributed by atoms with van der Waals surface area (Å²) in [6.45, 7) is 6.82. The number of aryl methyl sites for hydroxylation is 1. The monoisotopic (exact) mass is 402 g/mol. The van der Waals surface area contributed by atoms with E-state index in [9.17, 15) is 13.0 Å². The normalized spacial score (nSPS) is 9.43. The van der Waals surface area contributed by atoms with Crippen LogP contribution in [-0.2, 0) is 37.8 Å². The number of benzene rings is 1. The van der Waals surface area contributed by atoms with Crippen LogP contribution in [0.25, 0.3) is 0 Å². The second kappa shape index (κ2) is 7.37. The third-order valence-electron chi connectivity index (χ3n) is 1.31. The third kappa shape index (κ3) is 5.72. The van der Waals surface area contributed by atoms with Gasteiger partial charge in [-0.2, -0.15) is 0 Å². The molecule has 0 N–H and O–H groups in total. The van der Waals surface area contributed by atoms with Gasteiger partial charge in [-0.25, -0.2) is 8.42 Å². The molecule has 0 amide bonds. The Morgan fingerprint density at radius 2 is 1.50 bits per heavy atom. The first kappa shape index (κ1) is 16.5. The van der Waals surface area contributed by atoms with Crippen LogP contribution in [0, 0.1) is 13.8 Å². The molecule has 0 heterocycles. The van der Waals surface area contributed by atoms with Crippen molar-refractivity contribution in [3.8, 4) is 0 Å². The van der Waals surface area contributed by atoms with Crippen LogP contribution >= 0.6 is 0 Å². The molecule has 5 heteroatoms. The Kier molecular flexibility index (Phi) is 8.68. The summed E-state index contributed by atoms with van der Waals surface area (Å²) in [5.41, 5.74) is 0.928. The summed E-state index contributed by atoms with van der Waals surface area (Å²) in [5.74, 6) is 0. The van der Waals surface area contributed by atoms with Gasteiger partial charge in [0.15, 0.2) is 0 Å². The van der Waals surface area contributed by atoms with E-state index in [1.54, 1.807) is 19.1 Å². The van der Waals surface area contributed by atoms with Crippen LogP contribution in [0.1, 0.15) is 12.5 Å². The summed E-state index contributed by atoms with van der Waals surface area (Å²) in [5, 5.41) is 0. The number of rotatable bonds is 1. The van der Waals surface area contributed by atoms with Gasteiger partial charge >= 0.3 is 27.7 Å². The van der Waals surface area contributed by atoms with Crippen LogP contribution < -0.4 is 0 Å². The molecule has 74 valence electrons. The quantitative estimate of drug-likeness (QED) is 0.533. The first-order valence-electron chi connectivity index (χ1n) is 3.73. The zero-order valence-electron chi connectivity index (χ0n) is 8.36. The largest absolute Gasteiger partial charge is 1.00 e. The summed E-state index contributed by atoms with van der Waals surface area (Å²) in [4.78, 5) is -0.178. The maximum absolute atomic E-state index is 10.4. The first-order chi connectivity index (χ1) is 6.00. The molecular weight excluding hydrogens is 389 g/mol. The zero-order chi connectivity index (χ0) is 10.5. The van der Waals surface area contributed by atoms with Crippen molar-refractivity contribution in [3.05, 3.63) is 36.8 Å². The van der Waals surface area contributed by atoms with Gasteiger partial charge in [-0.3, -0.25) is 0 Å². The third-order valence-corrected chi connectivity index (χ3v) is 2.16. The van der Waals surface area contributed by atoms with Crippen LogP contribution in [0.3, 0.4) is 0 Å². The first-order valence-corrected chi connectivity index (χ1v) is 5.14. The molecule has 1 aromatic carbocycles. The van der Waals surface area contributed by atoms with Crippen LogP contribution in [0.5, 0.6) is 0 Å². The van der Waals surface area contributed by atoms with Crippen molar-refractivity contribution < 1.29 is 40.6 Å². The molecule has 14 heavy (non-hydrogen) atoms. The Hall–Kier alpha value is 0.0651. The second-order valence-electron chi connectivity index (χ2n) is 2.27. The van der Waals surface area contributed by atoms with Gasteiger partial charge in [0.2, 0.25) is 0 Å². The van der Waals surface area contributed by atoms with E-state index in [0.29, 0.717) is 0 Å². The molecule has 0 saturated carbocycles. The molecular formula is C9H12HgO3S. The van der Waals surface area contributed by atoms with Gasteiger partial charge in [-0.1, -0.05) is 31.5 Å². The van der Waals surface area contributed by atoms with Crippen LogP contribution in [0.15, 0.2) is 29.2 Å². The molecule has 0 aromatic heterocycles. The fourth-order valence-corrected chi connectivity index (χ4v) is 1.17. The van der Waals surface area contributed by atoms with Crippen molar-refractivity contribution in [2.45, 2.75) is 18.7 Å². The molecule has 0 saturated heterocycles. The molecule has 0 aliphatic heterocycles. The summed E-state index contributed by atoms with van der Waals surface area (Å²) in [6.07, 6.45) is 0. The molecule has 0 spiro atoms. The predicted octanol–water partition coefficient (Wildman–Crippen LogP) is 1.74. The van der Waals surface area contributed by atoms with E-state index in [2.05, 4.69) is 6.92 Å². The maximum Gasteiger partial charge on any atom is 1.00 e. The summed E-state index contributed by atoms with van der Waals surface area (Å²) in [7, 11) is -4.27. The molecule has 0 bridgehead atoms. The average Bonchev–Trinajstić information content (AvgIpc) is 2.07. The maximum atomic E-state index is 10.4. The van der Waals surface area contributed by atoms with Crippen LogP contribution in [0.4, 0.5) is 0 Å². The van der Waals surface area contributed by atoms with Gasteiger partial charge in [0.05, 0.1) is 4.90 Å². The Balaban J connectivity index is 0. The molecule has 0 unspecified atom stereocenters. The van der Waals surface area contributed by atoms with E-state index >= 15 is 0 Å². The molecule has 1 aromatic rings. The van der Waals surface area contributed by atoms with Crippen molar-refractivity contribution in [2.75, 3.05) is 0 Å². The van der Waals surface area contributed by atoms with E-state index in [4.69, 9.17) is 0 Å². The van der Waals surface area contributed by atoms with E-state index in [1.165, 1.54) is 12.1 Å². The Morgan fingerprint density at radius 3 is 1.79 bits per heavy atom. The second-order valence-corrected chi connectivity index (χ2v) is 3.65. The van der Waals surface area contributed by atoms with E-state index in [-0.39, 0.29) is 32.6 Å². The Bertz CT molecular complexity index is 343. The Morgan fingerprint density at radius 1 is 1.14 bits per heavy atom. The van der Waals surface area contributed by atoms with E-state index in [1.807, 2.05) is 6.92 Å². The standard InChI is InChI=1S/C7H8O3S.C2H5.Hg/c1-6-2-4-7(5-3-6)11(8,9)10;1-2;/h2-5H,1H3,(H,8,9,10);1H2,2H3;/q;;+1/p-1. The summed E-state index contributed by atoms with van der Waals surface area (Å²) in [6, 6.07) is 5.78. The van der Waals surface area contributed by atoms with Gasteiger partial charge in [-0.15, -0.1) is 0 Å². The van der Waals surface area contributed by atoms with E-state index in [0.717, 1.165) is 5.56 Å². The number of hydrogen-bond acceptors (Lipinski definition) is 3. The average molecular weight is 401 g/mol. The molecule has 2 radical (unpaired) electrons. The minimum atomic E-state index is -4.27.